The number of hydrogen-bond donors (Lipinski definition) is 1. The van der Waals surface area contributed by atoms with Gasteiger partial charge in [-0.25, -0.2) is 4.98 Å². The Hall–Kier alpha value is -2.42. The van der Waals surface area contributed by atoms with Crippen LogP contribution < -0.4 is 5.32 Å². The highest BCUT2D eigenvalue weighted by Gasteiger charge is 2.69. The first kappa shape index (κ1) is 24.7. The molecule has 34 heavy (non-hydrogen) atoms. The van der Waals surface area contributed by atoms with Gasteiger partial charge in [0.1, 0.15) is 6.04 Å². The number of aromatic nitrogens is 1. The number of aryl methyl sites for hydroxylation is 1. The van der Waals surface area contributed by atoms with Crippen molar-refractivity contribution in [3.8, 4) is 10.4 Å². The minimum atomic E-state index is -4.42. The minimum Gasteiger partial charge on any atom is -0.350 e. The molecule has 1 N–H and O–H groups in total. The van der Waals surface area contributed by atoms with Gasteiger partial charge in [-0.1, -0.05) is 38.1 Å². The Bertz CT molecular complexity index is 1040. The molecule has 2 atom stereocenters. The Labute approximate surface area is 201 Å². The van der Waals surface area contributed by atoms with Crippen LogP contribution >= 0.6 is 11.3 Å². The van der Waals surface area contributed by atoms with Crippen LogP contribution in [0.25, 0.3) is 10.4 Å². The van der Waals surface area contributed by atoms with E-state index in [0.29, 0.717) is 25.9 Å². The van der Waals surface area contributed by atoms with Crippen molar-refractivity contribution >= 4 is 23.2 Å². The van der Waals surface area contributed by atoms with Crippen LogP contribution in [0.2, 0.25) is 0 Å². The molecule has 9 heteroatoms. The number of benzene rings is 1. The van der Waals surface area contributed by atoms with E-state index in [-0.39, 0.29) is 18.7 Å². The summed E-state index contributed by atoms with van der Waals surface area (Å²) in [6.45, 7) is 5.89. The Kier molecular flexibility index (Phi) is 6.77. The Balaban J connectivity index is 1.41. The molecule has 0 bridgehead atoms. The molecule has 2 aromatic rings. The van der Waals surface area contributed by atoms with Crippen molar-refractivity contribution in [3.63, 3.8) is 0 Å². The third-order valence-corrected chi connectivity index (χ3v) is 8.13. The highest BCUT2D eigenvalue weighted by atomic mass is 32.1. The van der Waals surface area contributed by atoms with Gasteiger partial charge in [0, 0.05) is 13.1 Å². The summed E-state index contributed by atoms with van der Waals surface area (Å²) in [6.07, 6.45) is -3.39. The number of carbonyl (C=O) groups is 2. The number of alkyl halides is 3. The largest absolute Gasteiger partial charge is 0.395 e. The molecule has 1 aliphatic carbocycles. The number of rotatable bonds is 7. The molecule has 1 saturated carbocycles. The quantitative estimate of drug-likeness (QED) is 0.566. The van der Waals surface area contributed by atoms with E-state index in [1.54, 1.807) is 30.7 Å². The molecule has 5 nitrogen and oxygen atoms in total. The Morgan fingerprint density at radius 2 is 1.91 bits per heavy atom. The van der Waals surface area contributed by atoms with Gasteiger partial charge in [-0.3, -0.25) is 9.59 Å². The first-order valence-electron chi connectivity index (χ1n) is 11.7. The van der Waals surface area contributed by atoms with E-state index < -0.39 is 35.4 Å². The molecule has 4 rings (SSSR count). The summed E-state index contributed by atoms with van der Waals surface area (Å²) in [5, 5.41) is 2.88. The van der Waals surface area contributed by atoms with Crippen molar-refractivity contribution in [2.75, 3.05) is 6.54 Å². The fourth-order valence-corrected chi connectivity index (χ4v) is 6.02. The molecule has 1 saturated heterocycles. The van der Waals surface area contributed by atoms with Gasteiger partial charge >= 0.3 is 6.18 Å². The molecular formula is C25H30F3N3O2S. The molecule has 0 spiro atoms. The van der Waals surface area contributed by atoms with E-state index in [2.05, 4.69) is 10.3 Å². The molecule has 1 aliphatic heterocycles. The smallest absolute Gasteiger partial charge is 0.350 e. The number of nitrogens with zero attached hydrogens (tertiary/aromatic N) is 2. The van der Waals surface area contributed by atoms with Crippen LogP contribution in [0.3, 0.4) is 0 Å². The van der Waals surface area contributed by atoms with E-state index in [0.717, 1.165) is 21.7 Å². The van der Waals surface area contributed by atoms with Crippen LogP contribution in [0.1, 0.15) is 50.8 Å². The van der Waals surface area contributed by atoms with Crippen LogP contribution in [0.4, 0.5) is 13.2 Å². The van der Waals surface area contributed by atoms with Crippen molar-refractivity contribution in [1.82, 2.24) is 15.2 Å². The summed E-state index contributed by atoms with van der Waals surface area (Å²) in [6, 6.07) is 7.10. The molecule has 2 aliphatic rings. The third kappa shape index (κ3) is 4.59. The molecule has 1 aromatic heterocycles. The molecular weight excluding hydrogens is 463 g/mol. The summed E-state index contributed by atoms with van der Waals surface area (Å²) in [7, 11) is 0. The maximum atomic E-state index is 13.8. The number of thiazole rings is 1. The summed E-state index contributed by atoms with van der Waals surface area (Å²) in [5.41, 5.74) is 2.79. The molecule has 1 aromatic carbocycles. The standard InChI is InChI=1S/C25H30F3N3O2S/c1-15(2)20(24(10-11-24)25(26,27)28)23(33)31-12-4-5-19(31)22(32)29-13-17-6-8-18(9-7-17)21-16(3)30-14-34-21/h6-9,14-15,19-20H,4-5,10-13H2,1-3H3,(H,29,32). The second-order valence-electron chi connectivity index (χ2n) is 9.75. The average Bonchev–Trinajstić information content (AvgIpc) is 3.24. The van der Waals surface area contributed by atoms with Gasteiger partial charge in [-0.2, -0.15) is 13.2 Å². The van der Waals surface area contributed by atoms with E-state index >= 15 is 0 Å². The highest BCUT2D eigenvalue weighted by molar-refractivity contribution is 7.13. The SMILES string of the molecule is Cc1ncsc1-c1ccc(CNC(=O)C2CCCN2C(=O)C(C(C)C)C2(C(F)(F)F)CC2)cc1. The van der Waals surface area contributed by atoms with Gasteiger partial charge < -0.3 is 10.2 Å². The summed E-state index contributed by atoms with van der Waals surface area (Å²) in [4.78, 5) is 33.0. The first-order chi connectivity index (χ1) is 16.0. The van der Waals surface area contributed by atoms with E-state index in [4.69, 9.17) is 0 Å². The number of nitrogens with one attached hydrogen (secondary N) is 1. The molecule has 0 radical (unpaired) electrons. The maximum absolute atomic E-state index is 13.8. The maximum Gasteiger partial charge on any atom is 0.395 e. The van der Waals surface area contributed by atoms with Gasteiger partial charge in [0.2, 0.25) is 11.8 Å². The van der Waals surface area contributed by atoms with Crippen LogP contribution in [-0.4, -0.2) is 40.5 Å². The average molecular weight is 494 g/mol. The van der Waals surface area contributed by atoms with Gasteiger partial charge in [0.25, 0.3) is 0 Å². The van der Waals surface area contributed by atoms with Gasteiger partial charge in [0.05, 0.1) is 27.4 Å². The van der Waals surface area contributed by atoms with Crippen molar-refractivity contribution in [1.29, 1.82) is 0 Å². The zero-order valence-corrected chi connectivity index (χ0v) is 20.4. The van der Waals surface area contributed by atoms with E-state index in [1.807, 2.05) is 31.2 Å². The zero-order chi connectivity index (χ0) is 24.7. The minimum absolute atomic E-state index is 0.0210. The van der Waals surface area contributed by atoms with Gasteiger partial charge in [-0.15, -0.1) is 11.3 Å². The molecule has 2 heterocycles. The van der Waals surface area contributed by atoms with E-state index in [9.17, 15) is 22.8 Å². The van der Waals surface area contributed by atoms with Crippen LogP contribution in [0, 0.1) is 24.2 Å². The molecule has 2 unspecified atom stereocenters. The lowest BCUT2D eigenvalue weighted by Crippen LogP contribution is -2.52. The van der Waals surface area contributed by atoms with Crippen molar-refractivity contribution in [2.45, 2.75) is 65.2 Å². The second kappa shape index (κ2) is 9.32. The zero-order valence-electron chi connectivity index (χ0n) is 19.6. The predicted molar refractivity (Wildman–Crippen MR) is 125 cm³/mol. The number of hydrogen-bond acceptors (Lipinski definition) is 4. The normalized spacial score (nSPS) is 20.4. The lowest BCUT2D eigenvalue weighted by atomic mass is 9.78. The number of carbonyl (C=O) groups excluding carboxylic acids is 2. The van der Waals surface area contributed by atoms with Crippen LogP contribution in [0.5, 0.6) is 0 Å². The van der Waals surface area contributed by atoms with Crippen LogP contribution in [0.15, 0.2) is 29.8 Å². The Morgan fingerprint density at radius 3 is 2.44 bits per heavy atom. The number of halogens is 3. The lowest BCUT2D eigenvalue weighted by Gasteiger charge is -2.35. The Morgan fingerprint density at radius 1 is 1.24 bits per heavy atom. The monoisotopic (exact) mass is 493 g/mol. The number of likely N-dealkylation sites (tertiary alicyclic amines) is 1. The third-order valence-electron chi connectivity index (χ3n) is 7.15. The number of amides is 2. The van der Waals surface area contributed by atoms with Crippen molar-refractivity contribution in [3.05, 3.63) is 41.0 Å². The van der Waals surface area contributed by atoms with Gasteiger partial charge in [0.15, 0.2) is 0 Å². The first-order valence-corrected chi connectivity index (χ1v) is 12.6. The second-order valence-corrected chi connectivity index (χ2v) is 10.6. The lowest BCUT2D eigenvalue weighted by molar-refractivity contribution is -0.211. The molecule has 184 valence electrons. The van der Waals surface area contributed by atoms with Crippen molar-refractivity contribution < 1.29 is 22.8 Å². The highest BCUT2D eigenvalue weighted by Crippen LogP contribution is 2.64. The summed E-state index contributed by atoms with van der Waals surface area (Å²) in [5.74, 6) is -2.45. The summed E-state index contributed by atoms with van der Waals surface area (Å²) < 4.78 is 41.4. The summed E-state index contributed by atoms with van der Waals surface area (Å²) >= 11 is 1.57. The van der Waals surface area contributed by atoms with Gasteiger partial charge in [-0.05, 0) is 49.7 Å². The molecule has 2 amide bonds. The van der Waals surface area contributed by atoms with E-state index in [1.165, 1.54) is 4.90 Å². The van der Waals surface area contributed by atoms with Crippen molar-refractivity contribution in [2.24, 2.45) is 17.3 Å². The fourth-order valence-electron chi connectivity index (χ4n) is 5.21. The predicted octanol–water partition coefficient (Wildman–Crippen LogP) is 5.34. The van der Waals surface area contributed by atoms with Crippen LogP contribution in [-0.2, 0) is 16.1 Å². The fraction of sp³-hybridized carbons (Fsp3) is 0.560. The topological polar surface area (TPSA) is 62.3 Å². The molecule has 2 fully saturated rings.